The first kappa shape index (κ1) is 29.4. The number of ketones is 1. The standard InChI is InChI=1S/C28H43N3O5/c1-10-18(11-2)22(32)16-30-12-13-31(25(30)29-26(35)36-9)17-23(33)19-14-20(27(3,4)5)24(34)21(15-19)28(6,7)8/h12-15,18,22,32,34H,10-11,16-17H2,1-9H3. The van der Waals surface area contributed by atoms with Crippen LogP contribution in [-0.4, -0.2) is 44.4 Å². The van der Waals surface area contributed by atoms with Gasteiger partial charge in [-0.25, -0.2) is 4.79 Å². The average molecular weight is 502 g/mol. The first-order chi connectivity index (χ1) is 16.6. The number of methoxy groups -OCH3 is 1. The Labute approximate surface area is 214 Å². The zero-order valence-corrected chi connectivity index (χ0v) is 23.3. The van der Waals surface area contributed by atoms with Gasteiger partial charge in [-0.2, -0.15) is 0 Å². The van der Waals surface area contributed by atoms with Gasteiger partial charge in [0, 0.05) is 29.1 Å². The summed E-state index contributed by atoms with van der Waals surface area (Å²) in [6, 6.07) is 3.50. The van der Waals surface area contributed by atoms with Crippen molar-refractivity contribution in [3.8, 4) is 5.75 Å². The molecule has 0 fully saturated rings. The van der Waals surface area contributed by atoms with Crippen LogP contribution in [0, 0.1) is 5.92 Å². The largest absolute Gasteiger partial charge is 0.507 e. The van der Waals surface area contributed by atoms with E-state index in [0.717, 1.165) is 12.8 Å². The topological polar surface area (TPSA) is 106 Å². The maximum atomic E-state index is 13.5. The van der Waals surface area contributed by atoms with E-state index in [1.807, 2.05) is 55.4 Å². The van der Waals surface area contributed by atoms with Gasteiger partial charge in [0.2, 0.25) is 5.62 Å². The fraction of sp³-hybridized carbons (Fsp3) is 0.607. The monoisotopic (exact) mass is 501 g/mol. The zero-order valence-electron chi connectivity index (χ0n) is 23.3. The van der Waals surface area contributed by atoms with Crippen LogP contribution < -0.4 is 5.62 Å². The molecule has 0 spiro atoms. The van der Waals surface area contributed by atoms with Crippen molar-refractivity contribution in [3.05, 3.63) is 46.8 Å². The van der Waals surface area contributed by atoms with Crippen LogP contribution in [0.3, 0.4) is 0 Å². The third-order valence-corrected chi connectivity index (χ3v) is 6.64. The highest BCUT2D eigenvalue weighted by Gasteiger charge is 2.28. The molecule has 0 aliphatic rings. The van der Waals surface area contributed by atoms with Crippen molar-refractivity contribution in [2.45, 2.75) is 98.3 Å². The summed E-state index contributed by atoms with van der Waals surface area (Å²) in [5.74, 6) is 0.134. The lowest BCUT2D eigenvalue weighted by molar-refractivity contribution is 0.0841. The number of benzene rings is 1. The summed E-state index contributed by atoms with van der Waals surface area (Å²) >= 11 is 0. The van der Waals surface area contributed by atoms with Crippen molar-refractivity contribution in [1.29, 1.82) is 0 Å². The molecule has 0 radical (unpaired) electrons. The quantitative estimate of drug-likeness (QED) is 0.499. The third-order valence-electron chi connectivity index (χ3n) is 6.64. The lowest BCUT2D eigenvalue weighted by Crippen LogP contribution is -2.34. The summed E-state index contributed by atoms with van der Waals surface area (Å²) in [5.41, 5.74) is 1.37. The van der Waals surface area contributed by atoms with Gasteiger partial charge in [0.15, 0.2) is 5.78 Å². The Morgan fingerprint density at radius 3 is 1.92 bits per heavy atom. The van der Waals surface area contributed by atoms with Crippen LogP contribution in [0.25, 0.3) is 0 Å². The van der Waals surface area contributed by atoms with E-state index < -0.39 is 12.2 Å². The predicted octanol–water partition coefficient (Wildman–Crippen LogP) is 4.94. The van der Waals surface area contributed by atoms with Gasteiger partial charge in [0.25, 0.3) is 0 Å². The molecule has 2 rings (SSSR count). The van der Waals surface area contributed by atoms with Gasteiger partial charge in [-0.3, -0.25) is 4.79 Å². The SMILES string of the molecule is CCC(CC)C(O)Cn1ccn(CC(=O)c2cc(C(C)(C)C)c(O)c(C(C)(C)C)c2)c1=NC(=O)OC. The fourth-order valence-corrected chi connectivity index (χ4v) is 4.35. The van der Waals surface area contributed by atoms with E-state index in [1.54, 1.807) is 33.7 Å². The molecule has 0 bridgehead atoms. The Kier molecular flexibility index (Phi) is 9.34. The number of carbonyl (C=O) groups excluding carboxylic acids is 2. The summed E-state index contributed by atoms with van der Waals surface area (Å²) in [5, 5.41) is 21.7. The second-order valence-electron chi connectivity index (χ2n) is 11.4. The molecule has 0 aliphatic carbocycles. The summed E-state index contributed by atoms with van der Waals surface area (Å²) in [6.45, 7) is 16.2. The van der Waals surface area contributed by atoms with Crippen LogP contribution in [0.4, 0.5) is 4.79 Å². The number of rotatable bonds is 8. The van der Waals surface area contributed by atoms with Gasteiger partial charge in [0.05, 0.1) is 26.3 Å². The molecule has 1 unspecified atom stereocenters. The summed E-state index contributed by atoms with van der Waals surface area (Å²) < 4.78 is 7.98. The molecule has 1 aromatic heterocycles. The van der Waals surface area contributed by atoms with Crippen molar-refractivity contribution >= 4 is 11.9 Å². The molecule has 1 amide bonds. The normalized spacial score (nSPS) is 13.8. The number of carbonyl (C=O) groups is 2. The number of amides is 1. The van der Waals surface area contributed by atoms with Crippen molar-refractivity contribution < 1.29 is 24.5 Å². The summed E-state index contributed by atoms with van der Waals surface area (Å²) in [6.07, 6.45) is 3.63. The van der Waals surface area contributed by atoms with Gasteiger partial charge >= 0.3 is 6.09 Å². The molecule has 1 atom stereocenters. The lowest BCUT2D eigenvalue weighted by Gasteiger charge is -2.28. The zero-order chi connectivity index (χ0) is 27.4. The van der Waals surface area contributed by atoms with E-state index in [4.69, 9.17) is 4.74 Å². The molecule has 0 saturated carbocycles. The number of Topliss-reactive ketones (excluding diaryl/α,β-unsaturated/α-hetero) is 1. The molecule has 200 valence electrons. The van der Waals surface area contributed by atoms with E-state index >= 15 is 0 Å². The van der Waals surface area contributed by atoms with Crippen LogP contribution >= 0.6 is 0 Å². The van der Waals surface area contributed by atoms with E-state index in [0.29, 0.717) is 16.7 Å². The number of aliphatic hydroxyl groups excluding tert-OH is 1. The highest BCUT2D eigenvalue weighted by atomic mass is 16.5. The molecular formula is C28H43N3O5. The molecule has 2 N–H and O–H groups in total. The first-order valence-electron chi connectivity index (χ1n) is 12.6. The molecule has 0 saturated heterocycles. The minimum atomic E-state index is -0.789. The second-order valence-corrected chi connectivity index (χ2v) is 11.4. The van der Waals surface area contributed by atoms with E-state index in [1.165, 1.54) is 7.11 Å². The molecule has 1 heterocycles. The number of phenolic OH excluding ortho intramolecular Hbond substituents is 1. The van der Waals surface area contributed by atoms with Crippen molar-refractivity contribution in [2.24, 2.45) is 10.9 Å². The van der Waals surface area contributed by atoms with Crippen LogP contribution in [0.15, 0.2) is 29.5 Å². The number of aromatic nitrogens is 2. The van der Waals surface area contributed by atoms with Gasteiger partial charge in [-0.05, 0) is 28.9 Å². The van der Waals surface area contributed by atoms with E-state index in [-0.39, 0.29) is 47.0 Å². The van der Waals surface area contributed by atoms with Gasteiger partial charge in [-0.15, -0.1) is 4.99 Å². The molecule has 0 aliphatic heterocycles. The van der Waals surface area contributed by atoms with Crippen LogP contribution in [0.1, 0.15) is 89.7 Å². The van der Waals surface area contributed by atoms with Crippen molar-refractivity contribution in [3.63, 3.8) is 0 Å². The number of hydrogen-bond donors (Lipinski definition) is 2. The van der Waals surface area contributed by atoms with Crippen molar-refractivity contribution in [1.82, 2.24) is 9.13 Å². The number of aromatic hydroxyl groups is 1. The second kappa shape index (κ2) is 11.5. The van der Waals surface area contributed by atoms with Crippen LogP contribution in [0.5, 0.6) is 5.75 Å². The van der Waals surface area contributed by atoms with Gasteiger partial charge < -0.3 is 24.1 Å². The minimum Gasteiger partial charge on any atom is -0.507 e. The minimum absolute atomic E-state index is 0.0676. The highest BCUT2D eigenvalue weighted by molar-refractivity contribution is 5.96. The first-order valence-corrected chi connectivity index (χ1v) is 12.6. The lowest BCUT2D eigenvalue weighted by atomic mass is 9.78. The van der Waals surface area contributed by atoms with Gasteiger partial charge in [-0.1, -0.05) is 68.2 Å². The van der Waals surface area contributed by atoms with E-state index in [9.17, 15) is 19.8 Å². The van der Waals surface area contributed by atoms with Crippen LogP contribution in [-0.2, 0) is 28.7 Å². The van der Waals surface area contributed by atoms with E-state index in [2.05, 4.69) is 4.99 Å². The number of nitrogens with zero attached hydrogens (tertiary/aromatic N) is 3. The Morgan fingerprint density at radius 2 is 1.47 bits per heavy atom. The maximum Gasteiger partial charge on any atom is 0.436 e. The average Bonchev–Trinajstić information content (AvgIpc) is 3.13. The number of hydrogen-bond acceptors (Lipinski definition) is 5. The number of phenols is 1. The van der Waals surface area contributed by atoms with Gasteiger partial charge in [0.1, 0.15) is 5.75 Å². The summed E-state index contributed by atoms with van der Waals surface area (Å²) in [4.78, 5) is 29.6. The number of ether oxygens (including phenoxy) is 1. The predicted molar refractivity (Wildman–Crippen MR) is 140 cm³/mol. The Balaban J connectivity index is 2.55. The molecule has 36 heavy (non-hydrogen) atoms. The fourth-order valence-electron chi connectivity index (χ4n) is 4.35. The molecule has 8 nitrogen and oxygen atoms in total. The smallest absolute Gasteiger partial charge is 0.436 e. The molecule has 8 heteroatoms. The van der Waals surface area contributed by atoms with Crippen LogP contribution in [0.2, 0.25) is 0 Å². The highest BCUT2D eigenvalue weighted by Crippen LogP contribution is 2.39. The number of aliphatic hydroxyl groups is 1. The Bertz CT molecular complexity index is 1110. The summed E-state index contributed by atoms with van der Waals surface area (Å²) in [7, 11) is 1.24. The Morgan fingerprint density at radius 1 is 0.972 bits per heavy atom. The molecule has 1 aromatic carbocycles. The van der Waals surface area contributed by atoms with Crippen molar-refractivity contribution in [2.75, 3.05) is 7.11 Å². The number of imidazole rings is 1. The maximum absolute atomic E-state index is 13.5. The molecular weight excluding hydrogens is 458 g/mol. The third kappa shape index (κ3) is 6.87. The molecule has 2 aromatic rings. The Hall–Kier alpha value is -2.87.